The monoisotopic (exact) mass is 1520 g/mol. The van der Waals surface area contributed by atoms with Crippen molar-refractivity contribution in [3.63, 3.8) is 0 Å². The first kappa shape index (κ1) is 55.4. The second kappa shape index (κ2) is 26.9. The molecule has 0 heterocycles. The van der Waals surface area contributed by atoms with Gasteiger partial charge in [-0.25, -0.2) is 5.06 Å². The van der Waals surface area contributed by atoms with Crippen molar-refractivity contribution in [1.82, 2.24) is 20.2 Å². The Labute approximate surface area is 424 Å². The number of carbonyl (C=O) groups is 6. The zero-order valence-electron chi connectivity index (χ0n) is 30.9. The summed E-state index contributed by atoms with van der Waals surface area (Å²) in [6.45, 7) is -6.71. The van der Waals surface area contributed by atoms with E-state index in [1.807, 2.05) is 0 Å². The zero-order valence-corrected chi connectivity index (χ0v) is 43.9. The fourth-order valence-electron chi connectivity index (χ4n) is 5.16. The average molecular weight is 1520 g/mol. The Morgan fingerprint density at radius 2 is 0.933 bits per heavy atom. The van der Waals surface area contributed by atoms with Crippen LogP contribution >= 0.6 is 136 Å². The molecule has 0 fully saturated rings. The molecule has 0 spiro atoms. The number of halogens is 6. The quantitative estimate of drug-likeness (QED) is 0.0398. The molecule has 2 aromatic rings. The molecule has 12 N–H and O–H groups in total. The predicted octanol–water partition coefficient (Wildman–Crippen LogP) is -0.597. The molecule has 0 radical (unpaired) electrons. The first-order valence-electron chi connectivity index (χ1n) is 17.2. The first-order chi connectivity index (χ1) is 28.3. The molecule has 2 aromatic carbocycles. The molecule has 2 unspecified atom stereocenters. The summed E-state index contributed by atoms with van der Waals surface area (Å²) in [6.07, 6.45) is -2.90. The maximum Gasteiger partial charge on any atom is 0.279 e. The number of carbonyl (C=O) groups excluding carboxylic acids is 6. The molecule has 2 rings (SSSR count). The van der Waals surface area contributed by atoms with Crippen molar-refractivity contribution in [3.8, 4) is 0 Å². The highest BCUT2D eigenvalue weighted by Crippen LogP contribution is 2.38. The van der Waals surface area contributed by atoms with Gasteiger partial charge in [0.05, 0.1) is 86.5 Å². The van der Waals surface area contributed by atoms with E-state index in [2.05, 4.69) is 16.0 Å². The fourth-order valence-corrected chi connectivity index (χ4v) is 13.9. The van der Waals surface area contributed by atoms with Gasteiger partial charge >= 0.3 is 0 Å². The lowest BCUT2D eigenvalue weighted by Crippen LogP contribution is -2.47. The minimum atomic E-state index is -1.59. The molecule has 0 bridgehead atoms. The highest BCUT2D eigenvalue weighted by Gasteiger charge is 2.35. The standard InChI is InChI=1S/C33H40I6N6O15/c34-22-18(30(56)40-8-14(52)11-49)24(36)28(41-16(54)12-50)25(37)19(22)31(57)43(3-6-47)9-15(53)10-44(4-7-48)32(58)20-23(35)21(33(59)45(60)2-1-5-46)27(39)29(26(20)38)42-17(55)13-51/h14-15,46-53,60H,1-13H2,(H,40,56)(H,41,54)(H,42,55). The largest absolute Gasteiger partial charge is 0.396 e. The summed E-state index contributed by atoms with van der Waals surface area (Å²) < 4.78 is 0.537. The topological polar surface area (TPSA) is 330 Å². The summed E-state index contributed by atoms with van der Waals surface area (Å²) in [5.74, 6) is -5.27. The van der Waals surface area contributed by atoms with E-state index in [0.29, 0.717) is 5.06 Å². The lowest BCUT2D eigenvalue weighted by Gasteiger charge is -2.31. The molecule has 0 aliphatic heterocycles. The van der Waals surface area contributed by atoms with Crippen molar-refractivity contribution in [1.29, 1.82) is 0 Å². The number of hydroxylamine groups is 2. The Morgan fingerprint density at radius 3 is 1.32 bits per heavy atom. The van der Waals surface area contributed by atoms with E-state index in [1.165, 1.54) is 0 Å². The van der Waals surface area contributed by atoms with E-state index >= 15 is 0 Å². The first-order valence-corrected chi connectivity index (χ1v) is 23.6. The van der Waals surface area contributed by atoms with Gasteiger partial charge in [-0.2, -0.15) is 0 Å². The Hall–Kier alpha value is -0.720. The van der Waals surface area contributed by atoms with Gasteiger partial charge in [-0.15, -0.1) is 0 Å². The highest BCUT2D eigenvalue weighted by molar-refractivity contribution is 14.1. The number of hydrogen-bond acceptors (Lipinski definition) is 15. The Bertz CT molecular complexity index is 1930. The Kier molecular flexibility index (Phi) is 24.9. The molecule has 2 atom stereocenters. The van der Waals surface area contributed by atoms with Gasteiger partial charge < -0.3 is 66.6 Å². The van der Waals surface area contributed by atoms with Crippen LogP contribution in [0.15, 0.2) is 0 Å². The molecular weight excluding hydrogens is 1480 g/mol. The normalized spacial score (nSPS) is 12.1. The van der Waals surface area contributed by atoms with Crippen LogP contribution in [0.2, 0.25) is 0 Å². The van der Waals surface area contributed by atoms with Crippen LogP contribution in [-0.4, -0.2) is 187 Å². The molecule has 0 aliphatic rings. The van der Waals surface area contributed by atoms with Crippen molar-refractivity contribution in [2.24, 2.45) is 0 Å². The molecule has 0 saturated carbocycles. The molecule has 60 heavy (non-hydrogen) atoms. The van der Waals surface area contributed by atoms with Crippen LogP contribution in [-0.2, 0) is 9.59 Å². The lowest BCUT2D eigenvalue weighted by molar-refractivity contribution is -0.119. The van der Waals surface area contributed by atoms with Gasteiger partial charge in [0, 0.05) is 46.5 Å². The molecule has 334 valence electrons. The highest BCUT2D eigenvalue weighted by atomic mass is 127. The van der Waals surface area contributed by atoms with Crippen LogP contribution in [0.4, 0.5) is 11.4 Å². The predicted molar refractivity (Wildman–Crippen MR) is 263 cm³/mol. The molecule has 6 amide bonds. The van der Waals surface area contributed by atoms with E-state index in [1.54, 1.807) is 136 Å². The molecule has 21 nitrogen and oxygen atoms in total. The molecule has 0 aromatic heterocycles. The number of aliphatic hydroxyl groups is 8. The van der Waals surface area contributed by atoms with Crippen molar-refractivity contribution >= 4 is 182 Å². The number of benzene rings is 2. The summed E-state index contributed by atoms with van der Waals surface area (Å²) in [6, 6.07) is 0. The fraction of sp³-hybridized carbons (Fsp3) is 0.455. The van der Waals surface area contributed by atoms with Crippen LogP contribution in [0.3, 0.4) is 0 Å². The number of rotatable bonds is 22. The molecule has 27 heteroatoms. The molecule has 0 aliphatic carbocycles. The van der Waals surface area contributed by atoms with Gasteiger partial charge in [0.1, 0.15) is 13.2 Å². The summed E-state index contributed by atoms with van der Waals surface area (Å²) in [7, 11) is 0. The smallest absolute Gasteiger partial charge is 0.279 e. The number of aliphatic hydroxyl groups excluding tert-OH is 8. The van der Waals surface area contributed by atoms with Gasteiger partial charge in [0.25, 0.3) is 23.6 Å². The summed E-state index contributed by atoms with van der Waals surface area (Å²) >= 11 is 10.4. The minimum absolute atomic E-state index is 0.00781. The Morgan fingerprint density at radius 1 is 0.533 bits per heavy atom. The van der Waals surface area contributed by atoms with Crippen LogP contribution in [0.5, 0.6) is 0 Å². The third-order valence-electron chi connectivity index (χ3n) is 7.97. The number of nitrogens with zero attached hydrogens (tertiary/aromatic N) is 3. The van der Waals surface area contributed by atoms with Crippen molar-refractivity contribution < 1.29 is 74.8 Å². The van der Waals surface area contributed by atoms with E-state index in [-0.39, 0.29) is 87.7 Å². The molecule has 0 saturated heterocycles. The molecular formula is C33H40I6N6O15. The Balaban J connectivity index is 2.68. The van der Waals surface area contributed by atoms with E-state index < -0.39 is 100 Å². The number of nitrogens with one attached hydrogen (secondary N) is 3. The van der Waals surface area contributed by atoms with Crippen molar-refractivity contribution in [3.05, 3.63) is 43.7 Å². The maximum absolute atomic E-state index is 14.4. The van der Waals surface area contributed by atoms with Gasteiger partial charge in [0.15, 0.2) is 0 Å². The van der Waals surface area contributed by atoms with E-state index in [0.717, 1.165) is 9.80 Å². The van der Waals surface area contributed by atoms with Crippen LogP contribution in [0.1, 0.15) is 47.9 Å². The van der Waals surface area contributed by atoms with Gasteiger partial charge in [-0.3, -0.25) is 34.0 Å². The second-order valence-corrected chi connectivity index (χ2v) is 18.7. The van der Waals surface area contributed by atoms with Gasteiger partial charge in [-0.1, -0.05) is 0 Å². The van der Waals surface area contributed by atoms with Crippen LogP contribution in [0, 0.1) is 21.4 Å². The van der Waals surface area contributed by atoms with E-state index in [4.69, 9.17) is 0 Å². The van der Waals surface area contributed by atoms with Gasteiger partial charge in [-0.05, 0) is 142 Å². The SMILES string of the molecule is O=C(CO)Nc1c(I)c(C(=O)NCC(O)CO)c(I)c(C(=O)N(CCO)CC(O)CN(CCO)C(=O)c2c(I)c(NC(=O)CO)c(I)c(C(=O)N(O)CCCO)c2I)c1I. The summed E-state index contributed by atoms with van der Waals surface area (Å²) in [4.78, 5) is 82.3. The van der Waals surface area contributed by atoms with Crippen LogP contribution < -0.4 is 16.0 Å². The number of amides is 6. The van der Waals surface area contributed by atoms with Gasteiger partial charge in [0.2, 0.25) is 11.8 Å². The van der Waals surface area contributed by atoms with Crippen molar-refractivity contribution in [2.45, 2.75) is 18.6 Å². The lowest BCUT2D eigenvalue weighted by atomic mass is 10.1. The number of anilines is 2. The summed E-state index contributed by atoms with van der Waals surface area (Å²) in [5.41, 5.74) is -0.762. The zero-order chi connectivity index (χ0) is 45.6. The minimum Gasteiger partial charge on any atom is -0.396 e. The van der Waals surface area contributed by atoms with E-state index in [9.17, 15) is 74.8 Å². The van der Waals surface area contributed by atoms with Crippen molar-refractivity contribution in [2.75, 3.05) is 89.5 Å². The third-order valence-corrected chi connectivity index (χ3v) is 14.4. The number of hydrogen-bond donors (Lipinski definition) is 12. The second-order valence-electron chi connectivity index (χ2n) is 12.2. The van der Waals surface area contributed by atoms with Crippen LogP contribution in [0.25, 0.3) is 0 Å². The third kappa shape index (κ3) is 14.4. The average Bonchev–Trinajstić information content (AvgIpc) is 3.21. The summed E-state index contributed by atoms with van der Waals surface area (Å²) in [5, 5.41) is 96.7. The maximum atomic E-state index is 14.4.